The molecule has 0 bridgehead atoms. The lowest BCUT2D eigenvalue weighted by atomic mass is 10.1. The average Bonchev–Trinajstić information content (AvgIpc) is 3.50. The molecule has 0 radical (unpaired) electrons. The molecule has 148 valence electrons. The third kappa shape index (κ3) is 3.22. The average molecular weight is 394 g/mol. The van der Waals surface area contributed by atoms with Gasteiger partial charge in [0.1, 0.15) is 11.3 Å². The first-order chi connectivity index (χ1) is 13.9. The zero-order chi connectivity index (χ0) is 20.7. The minimum atomic E-state index is -0.838. The first-order valence-corrected chi connectivity index (χ1v) is 9.10. The molecule has 0 N–H and O–H groups in total. The number of esters is 2. The van der Waals surface area contributed by atoms with E-state index in [1.54, 1.807) is 18.2 Å². The maximum absolute atomic E-state index is 12.5. The van der Waals surface area contributed by atoms with Crippen LogP contribution in [-0.2, 0) is 4.74 Å². The number of hydrogen-bond donors (Lipinski definition) is 0. The number of para-hydroxylation sites is 1. The molecule has 1 aromatic heterocycles. The standard InChI is InChI=1S/C21H18N2O6/c1-12-19(21(25)28-2)16-11-14(9-10-17(16)22(12)13-7-8-13)29-20(24)15-5-3-4-6-18(15)23(26)27/h3-6,9-11,13H,7-8H2,1-2H3. The molecule has 1 saturated carbocycles. The van der Waals surface area contributed by atoms with Crippen molar-refractivity contribution >= 4 is 28.5 Å². The molecule has 0 aliphatic heterocycles. The van der Waals surface area contributed by atoms with Crippen LogP contribution in [0, 0.1) is 17.0 Å². The molecule has 1 aliphatic rings. The van der Waals surface area contributed by atoms with E-state index in [2.05, 4.69) is 4.57 Å². The predicted octanol–water partition coefficient (Wildman–Crippen LogP) is 4.20. The van der Waals surface area contributed by atoms with E-state index in [9.17, 15) is 19.7 Å². The molecule has 8 heteroatoms. The fourth-order valence-electron chi connectivity index (χ4n) is 3.62. The van der Waals surface area contributed by atoms with E-state index in [1.165, 1.54) is 31.4 Å². The predicted molar refractivity (Wildman–Crippen MR) is 104 cm³/mol. The molecule has 1 heterocycles. The number of rotatable bonds is 5. The van der Waals surface area contributed by atoms with Crippen molar-refractivity contribution in [3.8, 4) is 5.75 Å². The summed E-state index contributed by atoms with van der Waals surface area (Å²) >= 11 is 0. The van der Waals surface area contributed by atoms with Gasteiger partial charge in [0.05, 0.1) is 17.6 Å². The highest BCUT2D eigenvalue weighted by molar-refractivity contribution is 6.06. The van der Waals surface area contributed by atoms with Gasteiger partial charge in [0, 0.05) is 28.7 Å². The number of benzene rings is 2. The van der Waals surface area contributed by atoms with E-state index in [0.717, 1.165) is 24.1 Å². The van der Waals surface area contributed by atoms with Crippen LogP contribution in [0.15, 0.2) is 42.5 Å². The number of nitrogens with zero attached hydrogens (tertiary/aromatic N) is 2. The Kier molecular flexibility index (Phi) is 4.54. The van der Waals surface area contributed by atoms with Crippen LogP contribution in [0.4, 0.5) is 5.69 Å². The molecule has 0 saturated heterocycles. The summed E-state index contributed by atoms with van der Waals surface area (Å²) in [7, 11) is 1.32. The largest absolute Gasteiger partial charge is 0.465 e. The summed E-state index contributed by atoms with van der Waals surface area (Å²) in [6, 6.07) is 10.9. The summed E-state index contributed by atoms with van der Waals surface area (Å²) in [5, 5.41) is 11.8. The zero-order valence-electron chi connectivity index (χ0n) is 15.9. The number of aromatic nitrogens is 1. The Bertz CT molecular complexity index is 1160. The van der Waals surface area contributed by atoms with Crippen molar-refractivity contribution in [3.05, 3.63) is 69.4 Å². The van der Waals surface area contributed by atoms with Crippen LogP contribution in [0.3, 0.4) is 0 Å². The maximum Gasteiger partial charge on any atom is 0.350 e. The Morgan fingerprint density at radius 2 is 1.86 bits per heavy atom. The summed E-state index contributed by atoms with van der Waals surface area (Å²) in [5.41, 5.74) is 1.62. The van der Waals surface area contributed by atoms with Gasteiger partial charge in [0.2, 0.25) is 0 Å². The molecule has 1 aliphatic carbocycles. The lowest BCUT2D eigenvalue weighted by Crippen LogP contribution is -2.11. The van der Waals surface area contributed by atoms with Gasteiger partial charge in [-0.05, 0) is 44.0 Å². The molecule has 0 unspecified atom stereocenters. The van der Waals surface area contributed by atoms with Gasteiger partial charge in [-0.1, -0.05) is 12.1 Å². The number of hydrogen-bond acceptors (Lipinski definition) is 6. The van der Waals surface area contributed by atoms with Crippen molar-refractivity contribution in [3.63, 3.8) is 0 Å². The Hall–Kier alpha value is -3.68. The van der Waals surface area contributed by atoms with Gasteiger partial charge < -0.3 is 14.0 Å². The molecular formula is C21H18N2O6. The van der Waals surface area contributed by atoms with Gasteiger partial charge in [-0.15, -0.1) is 0 Å². The minimum Gasteiger partial charge on any atom is -0.465 e. The molecule has 2 aromatic carbocycles. The van der Waals surface area contributed by atoms with Crippen molar-refractivity contribution in [1.82, 2.24) is 4.57 Å². The highest BCUT2D eigenvalue weighted by Crippen LogP contribution is 2.42. The second-order valence-corrected chi connectivity index (χ2v) is 6.90. The normalized spacial score (nSPS) is 13.3. The van der Waals surface area contributed by atoms with Gasteiger partial charge in [-0.25, -0.2) is 9.59 Å². The molecule has 1 fully saturated rings. The van der Waals surface area contributed by atoms with Crippen LogP contribution in [0.1, 0.15) is 45.3 Å². The van der Waals surface area contributed by atoms with Gasteiger partial charge >= 0.3 is 11.9 Å². The van der Waals surface area contributed by atoms with Crippen LogP contribution in [0.5, 0.6) is 5.75 Å². The molecule has 8 nitrogen and oxygen atoms in total. The van der Waals surface area contributed by atoms with Crippen LogP contribution in [0.2, 0.25) is 0 Å². The van der Waals surface area contributed by atoms with E-state index in [0.29, 0.717) is 17.0 Å². The van der Waals surface area contributed by atoms with Crippen LogP contribution >= 0.6 is 0 Å². The van der Waals surface area contributed by atoms with E-state index < -0.39 is 16.9 Å². The van der Waals surface area contributed by atoms with Crippen molar-refractivity contribution in [2.24, 2.45) is 0 Å². The molecule has 4 rings (SSSR count). The third-order valence-electron chi connectivity index (χ3n) is 5.05. The number of methoxy groups -OCH3 is 1. The van der Waals surface area contributed by atoms with E-state index in [-0.39, 0.29) is 17.0 Å². The topological polar surface area (TPSA) is 101 Å². The number of carbonyl (C=O) groups is 2. The van der Waals surface area contributed by atoms with Crippen molar-refractivity contribution in [1.29, 1.82) is 0 Å². The summed E-state index contributed by atoms with van der Waals surface area (Å²) in [4.78, 5) is 35.4. The number of carbonyl (C=O) groups excluding carboxylic acids is 2. The van der Waals surface area contributed by atoms with Crippen LogP contribution < -0.4 is 4.74 Å². The van der Waals surface area contributed by atoms with Crippen LogP contribution in [0.25, 0.3) is 10.9 Å². The number of nitro benzene ring substituents is 1. The van der Waals surface area contributed by atoms with Crippen molar-refractivity contribution in [2.45, 2.75) is 25.8 Å². The Morgan fingerprint density at radius 1 is 1.14 bits per heavy atom. The van der Waals surface area contributed by atoms with E-state index in [1.807, 2.05) is 6.92 Å². The quantitative estimate of drug-likeness (QED) is 0.278. The number of fused-ring (bicyclic) bond motifs is 1. The third-order valence-corrected chi connectivity index (χ3v) is 5.05. The lowest BCUT2D eigenvalue weighted by molar-refractivity contribution is -0.385. The monoisotopic (exact) mass is 394 g/mol. The molecular weight excluding hydrogens is 376 g/mol. The molecule has 0 spiro atoms. The van der Waals surface area contributed by atoms with Crippen molar-refractivity contribution in [2.75, 3.05) is 7.11 Å². The SMILES string of the molecule is COC(=O)c1c(C)n(C2CC2)c2ccc(OC(=O)c3ccccc3[N+](=O)[O-])cc12. The smallest absolute Gasteiger partial charge is 0.350 e. The Balaban J connectivity index is 1.75. The first kappa shape index (κ1) is 18.7. The van der Waals surface area contributed by atoms with Gasteiger partial charge in [0.15, 0.2) is 0 Å². The lowest BCUT2D eigenvalue weighted by Gasteiger charge is -2.07. The van der Waals surface area contributed by atoms with Gasteiger partial charge in [0.25, 0.3) is 5.69 Å². The summed E-state index contributed by atoms with van der Waals surface area (Å²) in [6.07, 6.45) is 2.08. The number of nitro groups is 1. The van der Waals surface area contributed by atoms with E-state index >= 15 is 0 Å². The number of ether oxygens (including phenoxy) is 2. The minimum absolute atomic E-state index is 0.141. The highest BCUT2D eigenvalue weighted by Gasteiger charge is 2.31. The van der Waals surface area contributed by atoms with Crippen LogP contribution in [-0.4, -0.2) is 28.5 Å². The summed E-state index contributed by atoms with van der Waals surface area (Å²) < 4.78 is 12.4. The summed E-state index contributed by atoms with van der Waals surface area (Å²) in [5.74, 6) is -1.11. The van der Waals surface area contributed by atoms with E-state index in [4.69, 9.17) is 9.47 Å². The Labute approximate surface area is 165 Å². The second kappa shape index (κ2) is 7.05. The first-order valence-electron chi connectivity index (χ1n) is 9.10. The van der Waals surface area contributed by atoms with Gasteiger partial charge in [-0.2, -0.15) is 0 Å². The Morgan fingerprint density at radius 3 is 2.52 bits per heavy atom. The molecule has 3 aromatic rings. The molecule has 0 atom stereocenters. The summed E-state index contributed by atoms with van der Waals surface area (Å²) in [6.45, 7) is 1.86. The molecule has 0 amide bonds. The fourth-order valence-corrected chi connectivity index (χ4v) is 3.62. The maximum atomic E-state index is 12.5. The fraction of sp³-hybridized carbons (Fsp3) is 0.238. The zero-order valence-corrected chi connectivity index (χ0v) is 15.9. The molecule has 29 heavy (non-hydrogen) atoms. The van der Waals surface area contributed by atoms with Crippen molar-refractivity contribution < 1.29 is 24.0 Å². The van der Waals surface area contributed by atoms with Gasteiger partial charge in [-0.3, -0.25) is 10.1 Å². The highest BCUT2D eigenvalue weighted by atomic mass is 16.6. The second-order valence-electron chi connectivity index (χ2n) is 6.90.